The number of hydrogen-bond donors (Lipinski definition) is 1. The standard InChI is InChI=1S/C23H22FN3O2/c24-19-9-5-4-8-18(19)16-22(28)26-12-14-27(15-13-26)23(29)21-11-10-20(25-21)17-6-2-1-3-7-17/h1-11,25H,12-16H2. The van der Waals surface area contributed by atoms with Gasteiger partial charge in [-0.25, -0.2) is 4.39 Å². The molecule has 2 aromatic carbocycles. The molecule has 0 aliphatic carbocycles. The molecule has 1 aliphatic heterocycles. The predicted molar refractivity (Wildman–Crippen MR) is 109 cm³/mol. The van der Waals surface area contributed by atoms with Crippen LogP contribution in [0, 0.1) is 5.82 Å². The monoisotopic (exact) mass is 391 g/mol. The van der Waals surface area contributed by atoms with Crippen molar-refractivity contribution in [3.05, 3.63) is 83.8 Å². The highest BCUT2D eigenvalue weighted by molar-refractivity contribution is 5.93. The second-order valence-electron chi connectivity index (χ2n) is 7.09. The highest BCUT2D eigenvalue weighted by atomic mass is 19.1. The molecular weight excluding hydrogens is 369 g/mol. The van der Waals surface area contributed by atoms with Gasteiger partial charge in [0.1, 0.15) is 11.5 Å². The van der Waals surface area contributed by atoms with Crippen LogP contribution in [0.2, 0.25) is 0 Å². The molecule has 1 saturated heterocycles. The van der Waals surface area contributed by atoms with Crippen molar-refractivity contribution in [3.8, 4) is 11.3 Å². The second kappa shape index (κ2) is 8.31. The van der Waals surface area contributed by atoms with E-state index in [2.05, 4.69) is 4.98 Å². The Bertz CT molecular complexity index is 1010. The van der Waals surface area contributed by atoms with Gasteiger partial charge in [-0.3, -0.25) is 9.59 Å². The molecule has 1 aliphatic rings. The summed E-state index contributed by atoms with van der Waals surface area (Å²) in [6, 6.07) is 19.8. The third kappa shape index (κ3) is 4.21. The molecule has 1 fully saturated rings. The molecular formula is C23H22FN3O2. The number of rotatable bonds is 4. The quantitative estimate of drug-likeness (QED) is 0.742. The summed E-state index contributed by atoms with van der Waals surface area (Å²) < 4.78 is 13.8. The zero-order valence-corrected chi connectivity index (χ0v) is 16.0. The van der Waals surface area contributed by atoms with Crippen LogP contribution in [0.25, 0.3) is 11.3 Å². The first-order valence-electron chi connectivity index (χ1n) is 9.67. The van der Waals surface area contributed by atoms with Crippen molar-refractivity contribution in [3.63, 3.8) is 0 Å². The van der Waals surface area contributed by atoms with E-state index in [9.17, 15) is 14.0 Å². The van der Waals surface area contributed by atoms with E-state index in [4.69, 9.17) is 0 Å². The third-order valence-corrected chi connectivity index (χ3v) is 5.22. The first-order valence-corrected chi connectivity index (χ1v) is 9.67. The van der Waals surface area contributed by atoms with Gasteiger partial charge in [0, 0.05) is 31.9 Å². The molecule has 0 spiro atoms. The van der Waals surface area contributed by atoms with Crippen molar-refractivity contribution in [2.45, 2.75) is 6.42 Å². The number of halogens is 1. The van der Waals surface area contributed by atoms with Gasteiger partial charge in [0.15, 0.2) is 0 Å². The number of hydrogen-bond acceptors (Lipinski definition) is 2. The Hall–Kier alpha value is -3.41. The Labute approximate surface area is 168 Å². The van der Waals surface area contributed by atoms with Gasteiger partial charge in [-0.15, -0.1) is 0 Å². The highest BCUT2D eigenvalue weighted by Crippen LogP contribution is 2.19. The van der Waals surface area contributed by atoms with Crippen LogP contribution < -0.4 is 0 Å². The number of carbonyl (C=O) groups is 2. The van der Waals surface area contributed by atoms with E-state index in [-0.39, 0.29) is 24.1 Å². The van der Waals surface area contributed by atoms with E-state index in [0.717, 1.165) is 11.3 Å². The van der Waals surface area contributed by atoms with Crippen molar-refractivity contribution < 1.29 is 14.0 Å². The minimum Gasteiger partial charge on any atom is -0.351 e. The zero-order valence-electron chi connectivity index (χ0n) is 16.0. The number of aromatic nitrogens is 1. The topological polar surface area (TPSA) is 56.4 Å². The Balaban J connectivity index is 1.35. The molecule has 6 heteroatoms. The average Bonchev–Trinajstić information content (AvgIpc) is 3.26. The minimum atomic E-state index is -0.365. The first kappa shape index (κ1) is 18.9. The highest BCUT2D eigenvalue weighted by Gasteiger charge is 2.26. The predicted octanol–water partition coefficient (Wildman–Crippen LogP) is 3.35. The SMILES string of the molecule is O=C(Cc1ccccc1F)N1CCN(C(=O)c2ccc(-c3ccccc3)[nH]2)CC1. The van der Waals surface area contributed by atoms with Gasteiger partial charge in [0.25, 0.3) is 5.91 Å². The van der Waals surface area contributed by atoms with Crippen LogP contribution in [0.15, 0.2) is 66.7 Å². The van der Waals surface area contributed by atoms with E-state index in [1.54, 1.807) is 34.1 Å². The molecule has 0 unspecified atom stereocenters. The Morgan fingerprint density at radius 3 is 2.21 bits per heavy atom. The summed E-state index contributed by atoms with van der Waals surface area (Å²) >= 11 is 0. The van der Waals surface area contributed by atoms with Crippen molar-refractivity contribution in [2.24, 2.45) is 0 Å². The maximum Gasteiger partial charge on any atom is 0.270 e. The number of amides is 2. The normalized spacial score (nSPS) is 14.1. The molecule has 1 aromatic heterocycles. The molecule has 3 aromatic rings. The lowest BCUT2D eigenvalue weighted by Crippen LogP contribution is -2.51. The molecule has 4 rings (SSSR count). The molecule has 0 radical (unpaired) electrons. The summed E-state index contributed by atoms with van der Waals surface area (Å²) in [7, 11) is 0. The fraction of sp³-hybridized carbons (Fsp3) is 0.217. The Morgan fingerprint density at radius 2 is 1.48 bits per heavy atom. The molecule has 148 valence electrons. The maximum atomic E-state index is 13.8. The van der Waals surface area contributed by atoms with Crippen LogP contribution in [0.5, 0.6) is 0 Å². The van der Waals surface area contributed by atoms with Gasteiger partial charge in [-0.2, -0.15) is 0 Å². The fourth-order valence-electron chi connectivity index (χ4n) is 3.55. The summed E-state index contributed by atoms with van der Waals surface area (Å²) in [6.07, 6.45) is 0.0394. The second-order valence-corrected chi connectivity index (χ2v) is 7.09. The number of aromatic amines is 1. The van der Waals surface area contributed by atoms with Crippen LogP contribution in [0.4, 0.5) is 4.39 Å². The van der Waals surface area contributed by atoms with E-state index in [1.165, 1.54) is 6.07 Å². The lowest BCUT2D eigenvalue weighted by molar-refractivity contribution is -0.132. The Kier molecular flexibility index (Phi) is 5.42. The summed E-state index contributed by atoms with van der Waals surface area (Å²) in [6.45, 7) is 1.82. The van der Waals surface area contributed by atoms with Gasteiger partial charge in [0.05, 0.1) is 6.42 Å². The number of piperazine rings is 1. The minimum absolute atomic E-state index is 0.0394. The van der Waals surface area contributed by atoms with Crippen LogP contribution >= 0.6 is 0 Å². The van der Waals surface area contributed by atoms with Crippen molar-refractivity contribution >= 4 is 11.8 Å². The molecule has 1 N–H and O–H groups in total. The van der Waals surface area contributed by atoms with E-state index in [1.807, 2.05) is 36.4 Å². The van der Waals surface area contributed by atoms with Gasteiger partial charge >= 0.3 is 0 Å². The van der Waals surface area contributed by atoms with Crippen LogP contribution in [-0.4, -0.2) is 52.8 Å². The number of nitrogens with one attached hydrogen (secondary N) is 1. The molecule has 0 bridgehead atoms. The van der Waals surface area contributed by atoms with E-state index in [0.29, 0.717) is 37.4 Å². The van der Waals surface area contributed by atoms with Gasteiger partial charge in [-0.05, 0) is 29.3 Å². The smallest absolute Gasteiger partial charge is 0.270 e. The van der Waals surface area contributed by atoms with Gasteiger partial charge < -0.3 is 14.8 Å². The van der Waals surface area contributed by atoms with Crippen LogP contribution in [0.3, 0.4) is 0 Å². The number of carbonyl (C=O) groups excluding carboxylic acids is 2. The molecule has 5 nitrogen and oxygen atoms in total. The Morgan fingerprint density at radius 1 is 0.828 bits per heavy atom. The number of nitrogens with zero attached hydrogens (tertiary/aromatic N) is 2. The van der Waals surface area contributed by atoms with E-state index >= 15 is 0 Å². The lowest BCUT2D eigenvalue weighted by Gasteiger charge is -2.34. The van der Waals surface area contributed by atoms with Gasteiger partial charge in [0.2, 0.25) is 5.91 Å². The molecule has 0 atom stereocenters. The number of benzene rings is 2. The zero-order chi connectivity index (χ0) is 20.2. The van der Waals surface area contributed by atoms with Crippen molar-refractivity contribution in [1.29, 1.82) is 0 Å². The first-order chi connectivity index (χ1) is 14.1. The molecule has 2 heterocycles. The van der Waals surface area contributed by atoms with Crippen molar-refractivity contribution in [1.82, 2.24) is 14.8 Å². The van der Waals surface area contributed by atoms with Crippen molar-refractivity contribution in [2.75, 3.05) is 26.2 Å². The molecule has 0 saturated carbocycles. The summed E-state index contributed by atoms with van der Waals surface area (Å²) in [4.78, 5) is 31.9. The van der Waals surface area contributed by atoms with Crippen LogP contribution in [0.1, 0.15) is 16.1 Å². The summed E-state index contributed by atoms with van der Waals surface area (Å²) in [5, 5.41) is 0. The van der Waals surface area contributed by atoms with Gasteiger partial charge in [-0.1, -0.05) is 48.5 Å². The molecule has 29 heavy (non-hydrogen) atoms. The maximum absolute atomic E-state index is 13.8. The average molecular weight is 391 g/mol. The fourth-order valence-corrected chi connectivity index (χ4v) is 3.55. The number of H-pyrrole nitrogens is 1. The third-order valence-electron chi connectivity index (χ3n) is 5.22. The van der Waals surface area contributed by atoms with Crippen LogP contribution in [-0.2, 0) is 11.2 Å². The largest absolute Gasteiger partial charge is 0.351 e. The summed E-state index contributed by atoms with van der Waals surface area (Å²) in [5.41, 5.74) is 2.86. The molecule has 2 amide bonds. The van der Waals surface area contributed by atoms with E-state index < -0.39 is 0 Å². The summed E-state index contributed by atoms with van der Waals surface area (Å²) in [5.74, 6) is -0.558. The lowest BCUT2D eigenvalue weighted by atomic mass is 10.1.